The predicted molar refractivity (Wildman–Crippen MR) is 88.5 cm³/mol. The summed E-state index contributed by atoms with van der Waals surface area (Å²) in [6.07, 6.45) is 4.45. The Hall–Kier alpha value is -2.84. The monoisotopic (exact) mass is 348 g/mol. The van der Waals surface area contributed by atoms with Crippen molar-refractivity contribution in [3.63, 3.8) is 0 Å². The quantitative estimate of drug-likeness (QED) is 0.763. The maximum Gasteiger partial charge on any atom is 0.387 e. The summed E-state index contributed by atoms with van der Waals surface area (Å²) in [7, 11) is 0. The van der Waals surface area contributed by atoms with Crippen LogP contribution in [0.25, 0.3) is 11.0 Å². The Balaban J connectivity index is 1.76. The van der Waals surface area contributed by atoms with Crippen LogP contribution in [0.4, 0.5) is 14.6 Å². The molecule has 3 aromatic rings. The molecule has 3 rings (SSSR count). The topological polar surface area (TPSA) is 77.8 Å². The number of fused-ring (bicyclic) bond motifs is 1. The van der Waals surface area contributed by atoms with Gasteiger partial charge in [0.15, 0.2) is 5.65 Å². The molecule has 0 saturated heterocycles. The zero-order chi connectivity index (χ0) is 18.0. The molecule has 0 spiro atoms. The van der Waals surface area contributed by atoms with E-state index in [1.807, 2.05) is 25.5 Å². The van der Waals surface area contributed by atoms with Crippen LogP contribution in [0.2, 0.25) is 0 Å². The van der Waals surface area contributed by atoms with E-state index in [0.29, 0.717) is 18.1 Å². The summed E-state index contributed by atoms with van der Waals surface area (Å²) < 4.78 is 30.4. The van der Waals surface area contributed by atoms with Gasteiger partial charge in [-0.25, -0.2) is 14.6 Å². The second-order valence-electron chi connectivity index (χ2n) is 6.40. The molecule has 0 fully saturated rings. The van der Waals surface area contributed by atoms with E-state index in [1.165, 1.54) is 18.6 Å². The van der Waals surface area contributed by atoms with Gasteiger partial charge in [0.25, 0.3) is 0 Å². The van der Waals surface area contributed by atoms with Crippen LogP contribution in [-0.2, 0) is 12.1 Å². The van der Waals surface area contributed by atoms with Crippen molar-refractivity contribution in [1.82, 2.24) is 24.7 Å². The highest BCUT2D eigenvalue weighted by Crippen LogP contribution is 2.24. The molecule has 0 saturated carbocycles. The number of nitrogens with one attached hydrogen (secondary N) is 1. The van der Waals surface area contributed by atoms with Gasteiger partial charge in [-0.2, -0.15) is 13.9 Å². The molecule has 1 N–H and O–H groups in total. The molecule has 9 heteroatoms. The van der Waals surface area contributed by atoms with Crippen LogP contribution in [0, 0.1) is 0 Å². The van der Waals surface area contributed by atoms with Crippen molar-refractivity contribution in [3.8, 4) is 5.75 Å². The normalized spacial score (nSPS) is 11.9. The molecule has 0 aliphatic rings. The van der Waals surface area contributed by atoms with E-state index >= 15 is 0 Å². The number of aromatic nitrogens is 5. The fourth-order valence-corrected chi connectivity index (χ4v) is 2.34. The predicted octanol–water partition coefficient (Wildman–Crippen LogP) is 3.19. The van der Waals surface area contributed by atoms with Gasteiger partial charge in [0.05, 0.1) is 35.6 Å². The molecular weight excluding hydrogens is 330 g/mol. The van der Waals surface area contributed by atoms with Crippen molar-refractivity contribution in [1.29, 1.82) is 0 Å². The molecule has 0 aliphatic carbocycles. The van der Waals surface area contributed by atoms with Crippen molar-refractivity contribution < 1.29 is 13.5 Å². The molecule has 3 heterocycles. The van der Waals surface area contributed by atoms with E-state index in [0.717, 1.165) is 11.0 Å². The minimum atomic E-state index is -2.86. The third-order valence-electron chi connectivity index (χ3n) is 3.46. The van der Waals surface area contributed by atoms with Crippen molar-refractivity contribution in [2.24, 2.45) is 0 Å². The minimum absolute atomic E-state index is 0.0228. The fraction of sp³-hybridized carbons (Fsp3) is 0.375. The number of ether oxygens (including phenoxy) is 1. The molecule has 0 aromatic carbocycles. The van der Waals surface area contributed by atoms with Crippen LogP contribution in [-0.4, -0.2) is 31.3 Å². The smallest absolute Gasteiger partial charge is 0.387 e. The van der Waals surface area contributed by atoms with E-state index in [2.05, 4.69) is 30.1 Å². The van der Waals surface area contributed by atoms with Gasteiger partial charge < -0.3 is 10.1 Å². The average molecular weight is 348 g/mol. The Kier molecular flexibility index (Phi) is 4.47. The lowest BCUT2D eigenvalue weighted by Crippen LogP contribution is -2.23. The summed E-state index contributed by atoms with van der Waals surface area (Å²) in [5, 5.41) is 8.37. The molecule has 7 nitrogen and oxygen atoms in total. The number of nitrogens with zero attached hydrogens (tertiary/aromatic N) is 5. The summed E-state index contributed by atoms with van der Waals surface area (Å²) in [5.74, 6) is 0.657. The summed E-state index contributed by atoms with van der Waals surface area (Å²) in [5.41, 5.74) is 1.20. The Labute approximate surface area is 143 Å². The average Bonchev–Trinajstić information content (AvgIpc) is 2.98. The molecule has 25 heavy (non-hydrogen) atoms. The van der Waals surface area contributed by atoms with Crippen LogP contribution < -0.4 is 10.1 Å². The zero-order valence-corrected chi connectivity index (χ0v) is 14.1. The van der Waals surface area contributed by atoms with Crippen molar-refractivity contribution in [2.45, 2.75) is 39.5 Å². The molecule has 0 unspecified atom stereocenters. The molecule has 132 valence electrons. The third-order valence-corrected chi connectivity index (χ3v) is 3.46. The van der Waals surface area contributed by atoms with Gasteiger partial charge in [0.1, 0.15) is 17.9 Å². The molecule has 3 aromatic heterocycles. The maximum absolute atomic E-state index is 12.1. The second-order valence-corrected chi connectivity index (χ2v) is 6.40. The number of halogens is 2. The summed E-state index contributed by atoms with van der Waals surface area (Å²) in [6, 6.07) is 3.06. The zero-order valence-electron chi connectivity index (χ0n) is 14.1. The van der Waals surface area contributed by atoms with E-state index in [4.69, 9.17) is 0 Å². The van der Waals surface area contributed by atoms with Gasteiger partial charge in [0.2, 0.25) is 0 Å². The first kappa shape index (κ1) is 17.0. The molecule has 0 bridgehead atoms. The highest BCUT2D eigenvalue weighted by atomic mass is 19.3. The number of hydrogen-bond donors (Lipinski definition) is 1. The molecule has 0 amide bonds. The van der Waals surface area contributed by atoms with Crippen molar-refractivity contribution in [3.05, 3.63) is 36.5 Å². The Bertz CT molecular complexity index is 857. The minimum Gasteiger partial charge on any atom is -0.433 e. The highest BCUT2D eigenvalue weighted by Gasteiger charge is 2.19. The number of rotatable bonds is 5. The summed E-state index contributed by atoms with van der Waals surface area (Å²) in [4.78, 5) is 12.6. The molecule has 0 aliphatic heterocycles. The second kappa shape index (κ2) is 6.58. The van der Waals surface area contributed by atoms with Gasteiger partial charge in [0, 0.05) is 0 Å². The van der Waals surface area contributed by atoms with Gasteiger partial charge in [-0.3, -0.25) is 4.98 Å². The first-order valence-corrected chi connectivity index (χ1v) is 7.67. The largest absolute Gasteiger partial charge is 0.433 e. The van der Waals surface area contributed by atoms with E-state index in [1.54, 1.807) is 12.3 Å². The highest BCUT2D eigenvalue weighted by molar-refractivity contribution is 5.86. The van der Waals surface area contributed by atoms with Gasteiger partial charge in [-0.15, -0.1) is 0 Å². The lowest BCUT2D eigenvalue weighted by Gasteiger charge is -2.19. The molecular formula is C16H18F2N6O. The van der Waals surface area contributed by atoms with E-state index in [-0.39, 0.29) is 11.3 Å². The van der Waals surface area contributed by atoms with Crippen molar-refractivity contribution >= 4 is 16.9 Å². The van der Waals surface area contributed by atoms with Gasteiger partial charge >= 0.3 is 6.61 Å². The number of anilines is 1. The van der Waals surface area contributed by atoms with Crippen LogP contribution >= 0.6 is 0 Å². The fourth-order valence-electron chi connectivity index (χ4n) is 2.34. The van der Waals surface area contributed by atoms with Gasteiger partial charge in [-0.1, -0.05) is 0 Å². The van der Waals surface area contributed by atoms with Crippen molar-refractivity contribution in [2.75, 3.05) is 5.32 Å². The number of alkyl halides is 2. The SMILES string of the molecule is CC(C)(C)n1ncc2c(NCc3ccc(OC(F)F)cn3)ncnc21. The summed E-state index contributed by atoms with van der Waals surface area (Å²) >= 11 is 0. The van der Waals surface area contributed by atoms with Crippen LogP contribution in [0.5, 0.6) is 5.75 Å². The van der Waals surface area contributed by atoms with Crippen LogP contribution in [0.3, 0.4) is 0 Å². The van der Waals surface area contributed by atoms with Crippen LogP contribution in [0.1, 0.15) is 26.5 Å². The van der Waals surface area contributed by atoms with Crippen LogP contribution in [0.15, 0.2) is 30.9 Å². The number of pyridine rings is 1. The first-order chi connectivity index (χ1) is 11.8. The lowest BCUT2D eigenvalue weighted by molar-refractivity contribution is -0.0500. The maximum atomic E-state index is 12.1. The standard InChI is InChI=1S/C16H18F2N6O/c1-16(2,3)24-14-12(8-23-24)13(21-9-22-14)20-6-10-4-5-11(7-19-10)25-15(17)18/h4-5,7-9,15H,6H2,1-3H3,(H,20,21,22). The Morgan fingerprint density at radius 1 is 1.16 bits per heavy atom. The van der Waals surface area contributed by atoms with E-state index in [9.17, 15) is 8.78 Å². The molecule has 0 atom stereocenters. The lowest BCUT2D eigenvalue weighted by atomic mass is 10.1. The molecule has 0 radical (unpaired) electrons. The number of hydrogen-bond acceptors (Lipinski definition) is 6. The Morgan fingerprint density at radius 2 is 1.96 bits per heavy atom. The third kappa shape index (κ3) is 3.81. The Morgan fingerprint density at radius 3 is 2.60 bits per heavy atom. The van der Waals surface area contributed by atoms with Gasteiger partial charge in [-0.05, 0) is 32.9 Å². The first-order valence-electron chi connectivity index (χ1n) is 7.67. The summed E-state index contributed by atoms with van der Waals surface area (Å²) in [6.45, 7) is 3.64. The van der Waals surface area contributed by atoms with E-state index < -0.39 is 6.61 Å².